The van der Waals surface area contributed by atoms with E-state index in [0.717, 1.165) is 67.5 Å². The normalized spacial score (nSPS) is 10.7. The SMILES string of the molecule is COc1c(C)c(C)c(OC)c(Cc2c(C)c(OC)c(C)c(C)c2OC)c1C. The third-order valence-corrected chi connectivity index (χ3v) is 5.79. The van der Waals surface area contributed by atoms with Gasteiger partial charge >= 0.3 is 0 Å². The number of ether oxygens (including phenoxy) is 4. The lowest BCUT2D eigenvalue weighted by Crippen LogP contribution is -2.08. The summed E-state index contributed by atoms with van der Waals surface area (Å²) in [6, 6.07) is 0. The maximum Gasteiger partial charge on any atom is 0.126 e. The zero-order valence-electron chi connectivity index (χ0n) is 18.3. The molecule has 0 spiro atoms. The molecule has 0 saturated heterocycles. The van der Waals surface area contributed by atoms with Crippen LogP contribution in [0.2, 0.25) is 0 Å². The molecule has 0 aliphatic carbocycles. The molecule has 148 valence electrons. The van der Waals surface area contributed by atoms with Crippen LogP contribution < -0.4 is 18.9 Å². The fourth-order valence-corrected chi connectivity index (χ4v) is 4.08. The van der Waals surface area contributed by atoms with E-state index in [1.807, 2.05) is 0 Å². The van der Waals surface area contributed by atoms with Gasteiger partial charge in [0, 0.05) is 17.5 Å². The van der Waals surface area contributed by atoms with Gasteiger partial charge in [-0.2, -0.15) is 0 Å². The first-order valence-corrected chi connectivity index (χ1v) is 9.16. The molecule has 4 heteroatoms. The van der Waals surface area contributed by atoms with Gasteiger partial charge in [-0.25, -0.2) is 0 Å². The molecule has 0 aromatic heterocycles. The van der Waals surface area contributed by atoms with Crippen molar-refractivity contribution in [2.45, 2.75) is 48.0 Å². The zero-order valence-corrected chi connectivity index (χ0v) is 18.3. The summed E-state index contributed by atoms with van der Waals surface area (Å²) in [5.74, 6) is 3.64. The van der Waals surface area contributed by atoms with Crippen molar-refractivity contribution in [3.63, 3.8) is 0 Å². The minimum absolute atomic E-state index is 0.680. The summed E-state index contributed by atoms with van der Waals surface area (Å²) < 4.78 is 23.0. The molecule has 27 heavy (non-hydrogen) atoms. The predicted octanol–water partition coefficient (Wildman–Crippen LogP) is 5.16. The fraction of sp³-hybridized carbons (Fsp3) is 0.478. The van der Waals surface area contributed by atoms with Crippen molar-refractivity contribution in [3.8, 4) is 23.0 Å². The number of benzene rings is 2. The Morgan fingerprint density at radius 1 is 0.407 bits per heavy atom. The molecule has 2 aromatic carbocycles. The third-order valence-electron chi connectivity index (χ3n) is 5.79. The molecule has 0 N–H and O–H groups in total. The van der Waals surface area contributed by atoms with Crippen molar-refractivity contribution in [3.05, 3.63) is 44.5 Å². The summed E-state index contributed by atoms with van der Waals surface area (Å²) in [7, 11) is 6.89. The first-order chi connectivity index (χ1) is 12.7. The van der Waals surface area contributed by atoms with E-state index in [2.05, 4.69) is 41.5 Å². The second kappa shape index (κ2) is 8.12. The number of rotatable bonds is 6. The van der Waals surface area contributed by atoms with E-state index in [4.69, 9.17) is 18.9 Å². The standard InChI is InChI=1S/C23H32O4/c1-12-14(3)22(26-9)18(16(5)20(12)24-7)11-19-17(6)21(25-8)13(2)15(4)23(19)27-10/h11H2,1-10H3. The van der Waals surface area contributed by atoms with Gasteiger partial charge in [0.15, 0.2) is 0 Å². The number of methoxy groups -OCH3 is 4. The molecule has 2 rings (SSSR count). The van der Waals surface area contributed by atoms with Gasteiger partial charge in [0.2, 0.25) is 0 Å². The first-order valence-electron chi connectivity index (χ1n) is 9.16. The summed E-state index contributed by atoms with van der Waals surface area (Å²) in [5.41, 5.74) is 8.83. The molecule has 0 aliphatic heterocycles. The summed E-state index contributed by atoms with van der Waals surface area (Å²) in [6.07, 6.45) is 0.680. The quantitative estimate of drug-likeness (QED) is 0.702. The Kier molecular flexibility index (Phi) is 6.30. The van der Waals surface area contributed by atoms with Crippen LogP contribution in [0.15, 0.2) is 0 Å². The van der Waals surface area contributed by atoms with Crippen LogP contribution in [0.5, 0.6) is 23.0 Å². The Labute approximate surface area is 163 Å². The zero-order chi connectivity index (χ0) is 20.5. The van der Waals surface area contributed by atoms with E-state index < -0.39 is 0 Å². The smallest absolute Gasteiger partial charge is 0.126 e. The van der Waals surface area contributed by atoms with E-state index in [9.17, 15) is 0 Å². The van der Waals surface area contributed by atoms with Gasteiger partial charge < -0.3 is 18.9 Å². The van der Waals surface area contributed by atoms with Crippen molar-refractivity contribution in [1.29, 1.82) is 0 Å². The maximum absolute atomic E-state index is 5.81. The van der Waals surface area contributed by atoms with Crippen LogP contribution in [0.25, 0.3) is 0 Å². The second-order valence-corrected chi connectivity index (χ2v) is 7.02. The Morgan fingerprint density at radius 3 is 0.926 bits per heavy atom. The lowest BCUT2D eigenvalue weighted by Gasteiger charge is -2.24. The largest absolute Gasteiger partial charge is 0.496 e. The molecular weight excluding hydrogens is 340 g/mol. The Morgan fingerprint density at radius 2 is 0.667 bits per heavy atom. The van der Waals surface area contributed by atoms with Crippen molar-refractivity contribution in [2.24, 2.45) is 0 Å². The van der Waals surface area contributed by atoms with Gasteiger partial charge in [0.1, 0.15) is 23.0 Å². The van der Waals surface area contributed by atoms with Gasteiger partial charge in [-0.05, 0) is 74.9 Å². The van der Waals surface area contributed by atoms with Crippen molar-refractivity contribution >= 4 is 0 Å². The molecule has 0 saturated carbocycles. The monoisotopic (exact) mass is 372 g/mol. The predicted molar refractivity (Wildman–Crippen MR) is 110 cm³/mol. The lowest BCUT2D eigenvalue weighted by atomic mass is 9.88. The first kappa shape index (κ1) is 20.9. The molecule has 0 atom stereocenters. The topological polar surface area (TPSA) is 36.9 Å². The van der Waals surface area contributed by atoms with Crippen LogP contribution in [0.3, 0.4) is 0 Å². The van der Waals surface area contributed by atoms with Gasteiger partial charge in [-0.3, -0.25) is 0 Å². The van der Waals surface area contributed by atoms with Crippen molar-refractivity contribution in [1.82, 2.24) is 0 Å². The van der Waals surface area contributed by atoms with Crippen molar-refractivity contribution < 1.29 is 18.9 Å². The highest BCUT2D eigenvalue weighted by Gasteiger charge is 2.24. The molecule has 0 fully saturated rings. The Bertz CT molecular complexity index is 795. The van der Waals surface area contributed by atoms with E-state index in [1.54, 1.807) is 28.4 Å². The van der Waals surface area contributed by atoms with E-state index in [0.29, 0.717) is 6.42 Å². The minimum atomic E-state index is 0.680. The van der Waals surface area contributed by atoms with Crippen molar-refractivity contribution in [2.75, 3.05) is 28.4 Å². The van der Waals surface area contributed by atoms with Crippen LogP contribution in [-0.2, 0) is 6.42 Å². The number of hydrogen-bond donors (Lipinski definition) is 0. The van der Waals surface area contributed by atoms with Gasteiger partial charge in [0.25, 0.3) is 0 Å². The van der Waals surface area contributed by atoms with Crippen LogP contribution in [0, 0.1) is 41.5 Å². The summed E-state index contributed by atoms with van der Waals surface area (Å²) >= 11 is 0. The molecule has 0 heterocycles. The molecule has 0 aliphatic rings. The highest BCUT2D eigenvalue weighted by Crippen LogP contribution is 2.43. The van der Waals surface area contributed by atoms with Crippen LogP contribution in [0.1, 0.15) is 44.5 Å². The average Bonchev–Trinajstić information content (AvgIpc) is 2.65. The Balaban J connectivity index is 2.82. The molecule has 0 unspecified atom stereocenters. The lowest BCUT2D eigenvalue weighted by molar-refractivity contribution is 0.386. The third kappa shape index (κ3) is 3.33. The minimum Gasteiger partial charge on any atom is -0.496 e. The molecular formula is C23H32O4. The number of hydrogen-bond acceptors (Lipinski definition) is 4. The molecule has 2 aromatic rings. The van der Waals surface area contributed by atoms with Crippen LogP contribution in [0.4, 0.5) is 0 Å². The fourth-order valence-electron chi connectivity index (χ4n) is 4.08. The van der Waals surface area contributed by atoms with Gasteiger partial charge in [0.05, 0.1) is 28.4 Å². The van der Waals surface area contributed by atoms with Gasteiger partial charge in [-0.1, -0.05) is 0 Å². The van der Waals surface area contributed by atoms with E-state index in [1.165, 1.54) is 0 Å². The van der Waals surface area contributed by atoms with E-state index in [-0.39, 0.29) is 0 Å². The second-order valence-electron chi connectivity index (χ2n) is 7.02. The molecule has 0 bridgehead atoms. The molecule has 0 amide bonds. The Hall–Kier alpha value is -2.36. The molecule has 0 radical (unpaired) electrons. The van der Waals surface area contributed by atoms with E-state index >= 15 is 0 Å². The van der Waals surface area contributed by atoms with Crippen LogP contribution >= 0.6 is 0 Å². The summed E-state index contributed by atoms with van der Waals surface area (Å²) in [6.45, 7) is 12.5. The van der Waals surface area contributed by atoms with Gasteiger partial charge in [-0.15, -0.1) is 0 Å². The highest BCUT2D eigenvalue weighted by atomic mass is 16.5. The maximum atomic E-state index is 5.81. The average molecular weight is 373 g/mol. The summed E-state index contributed by atoms with van der Waals surface area (Å²) in [5, 5.41) is 0. The molecule has 4 nitrogen and oxygen atoms in total. The summed E-state index contributed by atoms with van der Waals surface area (Å²) in [4.78, 5) is 0. The van der Waals surface area contributed by atoms with Crippen LogP contribution in [-0.4, -0.2) is 28.4 Å². The highest BCUT2D eigenvalue weighted by molar-refractivity contribution is 5.63.